The van der Waals surface area contributed by atoms with Crippen molar-refractivity contribution in [3.8, 4) is 22.9 Å². The minimum Gasteiger partial charge on any atom is -0.436 e. The average molecular weight is 538 g/mol. The van der Waals surface area contributed by atoms with E-state index in [1.165, 1.54) is 25.0 Å². The van der Waals surface area contributed by atoms with Crippen molar-refractivity contribution in [1.29, 1.82) is 0 Å². The average Bonchev–Trinajstić information content (AvgIpc) is 3.74. The number of nitrogens with one attached hydrogen (secondary N) is 1. The van der Waals surface area contributed by atoms with Gasteiger partial charge >= 0.3 is 6.18 Å². The van der Waals surface area contributed by atoms with E-state index in [1.807, 2.05) is 0 Å². The second-order valence-corrected chi connectivity index (χ2v) is 9.90. The number of piperazine rings is 1. The molecule has 3 N–H and O–H groups in total. The van der Waals surface area contributed by atoms with Gasteiger partial charge in [0.25, 0.3) is 5.56 Å². The fourth-order valence-corrected chi connectivity index (χ4v) is 4.67. The Morgan fingerprint density at radius 2 is 1.74 bits per heavy atom. The summed E-state index contributed by atoms with van der Waals surface area (Å²) in [5, 5.41) is 0. The van der Waals surface area contributed by atoms with Gasteiger partial charge in [-0.2, -0.15) is 18.2 Å². The third-order valence-corrected chi connectivity index (χ3v) is 6.99. The number of fused-ring (bicyclic) bond motifs is 1. The molecule has 202 valence electrons. The number of nitrogens with two attached hydrogens (primary N) is 1. The molecule has 3 heterocycles. The minimum atomic E-state index is -4.44. The molecule has 1 aliphatic heterocycles. The van der Waals surface area contributed by atoms with Crippen molar-refractivity contribution >= 4 is 22.8 Å². The number of ether oxygens (including phenoxy) is 1. The van der Waals surface area contributed by atoms with Gasteiger partial charge in [-0.05, 0) is 43.0 Å². The topological polar surface area (TPSA) is 113 Å². The number of rotatable bonds is 6. The zero-order chi connectivity index (χ0) is 27.1. The number of aromatic nitrogens is 4. The molecule has 2 aromatic heterocycles. The summed E-state index contributed by atoms with van der Waals surface area (Å²) in [7, 11) is 0. The zero-order valence-electron chi connectivity index (χ0n) is 20.9. The van der Waals surface area contributed by atoms with E-state index in [9.17, 15) is 18.0 Å². The molecular formula is C27H26F3N7O2. The summed E-state index contributed by atoms with van der Waals surface area (Å²) in [4.78, 5) is 32.6. The molecule has 4 aromatic rings. The van der Waals surface area contributed by atoms with Gasteiger partial charge in [0.2, 0.25) is 11.8 Å². The van der Waals surface area contributed by atoms with Gasteiger partial charge < -0.3 is 20.4 Å². The van der Waals surface area contributed by atoms with Crippen molar-refractivity contribution in [2.75, 3.05) is 43.4 Å². The molecule has 1 saturated heterocycles. The number of nitrogens with zero attached hydrogens (tertiary/aromatic N) is 5. The van der Waals surface area contributed by atoms with E-state index in [4.69, 9.17) is 15.5 Å². The number of hydrogen-bond acceptors (Lipinski definition) is 8. The number of nitrogen functional groups attached to an aromatic ring is 1. The predicted octanol–water partition coefficient (Wildman–Crippen LogP) is 4.31. The van der Waals surface area contributed by atoms with Crippen LogP contribution < -0.4 is 20.9 Å². The first-order valence-corrected chi connectivity index (χ1v) is 12.7. The number of H-pyrrole nitrogens is 1. The van der Waals surface area contributed by atoms with Gasteiger partial charge in [-0.3, -0.25) is 9.69 Å². The molecule has 1 aliphatic carbocycles. The molecule has 2 fully saturated rings. The third-order valence-electron chi connectivity index (χ3n) is 6.99. The number of anilines is 2. The summed E-state index contributed by atoms with van der Waals surface area (Å²) >= 11 is 0. The molecule has 1 saturated carbocycles. The Bertz CT molecular complexity index is 1560. The molecule has 2 aromatic carbocycles. The molecule has 0 unspecified atom stereocenters. The lowest BCUT2D eigenvalue weighted by atomic mass is 10.1. The Morgan fingerprint density at radius 3 is 2.44 bits per heavy atom. The molecule has 9 nitrogen and oxygen atoms in total. The summed E-state index contributed by atoms with van der Waals surface area (Å²) in [6.45, 7) is 4.29. The first-order chi connectivity index (χ1) is 18.7. The highest BCUT2D eigenvalue weighted by Gasteiger charge is 2.30. The molecule has 0 radical (unpaired) electrons. The SMILES string of the molecule is Nc1nc2c(Oc3cc(-c4ccc(C(F)(F)F)cc4)nc(N4CCN(CC5CC5)CC4)n3)cccc2[nH]c1=O. The van der Waals surface area contributed by atoms with Crippen LogP contribution in [0.25, 0.3) is 22.3 Å². The number of benzene rings is 2. The van der Waals surface area contributed by atoms with E-state index in [2.05, 4.69) is 24.8 Å². The minimum absolute atomic E-state index is 0.189. The van der Waals surface area contributed by atoms with Crippen LogP contribution >= 0.6 is 0 Å². The first kappa shape index (κ1) is 25.1. The van der Waals surface area contributed by atoms with Gasteiger partial charge in [0.15, 0.2) is 11.6 Å². The highest BCUT2D eigenvalue weighted by molar-refractivity contribution is 5.82. The van der Waals surface area contributed by atoms with Crippen molar-refractivity contribution in [3.05, 3.63) is 64.4 Å². The van der Waals surface area contributed by atoms with E-state index >= 15 is 0 Å². The number of aromatic amines is 1. The monoisotopic (exact) mass is 537 g/mol. The van der Waals surface area contributed by atoms with Crippen LogP contribution in [0.2, 0.25) is 0 Å². The van der Waals surface area contributed by atoms with E-state index in [0.717, 1.165) is 50.8 Å². The summed E-state index contributed by atoms with van der Waals surface area (Å²) < 4.78 is 45.5. The Hall–Kier alpha value is -4.19. The summed E-state index contributed by atoms with van der Waals surface area (Å²) in [5.74, 6) is 1.53. The van der Waals surface area contributed by atoms with Gasteiger partial charge in [0.1, 0.15) is 5.52 Å². The van der Waals surface area contributed by atoms with Gasteiger partial charge in [0, 0.05) is 44.4 Å². The fourth-order valence-electron chi connectivity index (χ4n) is 4.67. The standard InChI is InChI=1S/C27H26F3N7O2/c28-27(29,30)18-8-6-17(7-9-18)20-14-22(39-21-3-1-2-19-23(21)35-24(31)25(38)32-19)34-26(33-20)37-12-10-36(11-13-37)15-16-4-5-16/h1-3,6-9,14,16H,4-5,10-13,15H2,(H2,31,35)(H,32,38). The second-order valence-electron chi connectivity index (χ2n) is 9.90. The Morgan fingerprint density at radius 1 is 1.00 bits per heavy atom. The van der Waals surface area contributed by atoms with Gasteiger partial charge in [0.05, 0.1) is 16.8 Å². The largest absolute Gasteiger partial charge is 0.436 e. The van der Waals surface area contributed by atoms with Gasteiger partial charge in [-0.15, -0.1) is 0 Å². The number of hydrogen-bond donors (Lipinski definition) is 2. The molecule has 0 spiro atoms. The summed E-state index contributed by atoms with van der Waals surface area (Å²) in [6, 6.07) is 11.4. The van der Waals surface area contributed by atoms with Crippen LogP contribution in [0.3, 0.4) is 0 Å². The van der Waals surface area contributed by atoms with Crippen molar-refractivity contribution < 1.29 is 17.9 Å². The van der Waals surface area contributed by atoms with Gasteiger partial charge in [-0.25, -0.2) is 9.97 Å². The van der Waals surface area contributed by atoms with Crippen LogP contribution in [0.5, 0.6) is 11.6 Å². The highest BCUT2D eigenvalue weighted by atomic mass is 19.4. The second kappa shape index (κ2) is 9.84. The molecule has 12 heteroatoms. The lowest BCUT2D eigenvalue weighted by molar-refractivity contribution is -0.137. The quantitative estimate of drug-likeness (QED) is 0.374. The van der Waals surface area contributed by atoms with Crippen LogP contribution in [0.15, 0.2) is 53.3 Å². The lowest BCUT2D eigenvalue weighted by Gasteiger charge is -2.35. The zero-order valence-corrected chi connectivity index (χ0v) is 20.9. The van der Waals surface area contributed by atoms with Crippen LogP contribution in [0, 0.1) is 5.92 Å². The van der Waals surface area contributed by atoms with E-state index < -0.39 is 17.3 Å². The maximum absolute atomic E-state index is 13.1. The van der Waals surface area contributed by atoms with Gasteiger partial charge in [-0.1, -0.05) is 18.2 Å². The Kier molecular flexibility index (Phi) is 6.34. The smallest absolute Gasteiger partial charge is 0.416 e. The summed E-state index contributed by atoms with van der Waals surface area (Å²) in [6.07, 6.45) is -1.85. The Labute approximate surface area is 221 Å². The number of halogens is 3. The van der Waals surface area contributed by atoms with Crippen LogP contribution in [0.1, 0.15) is 18.4 Å². The molecule has 0 atom stereocenters. The molecule has 6 rings (SSSR count). The van der Waals surface area contributed by atoms with Crippen molar-refractivity contribution in [2.45, 2.75) is 19.0 Å². The van der Waals surface area contributed by atoms with E-state index in [0.29, 0.717) is 34.0 Å². The molecular weight excluding hydrogens is 511 g/mol. The van der Waals surface area contributed by atoms with Crippen LogP contribution in [-0.2, 0) is 6.18 Å². The first-order valence-electron chi connectivity index (χ1n) is 12.7. The molecule has 0 amide bonds. The van der Waals surface area contributed by atoms with Crippen molar-refractivity contribution in [2.24, 2.45) is 5.92 Å². The third kappa shape index (κ3) is 5.51. The molecule has 2 aliphatic rings. The van der Waals surface area contributed by atoms with Crippen molar-refractivity contribution in [1.82, 2.24) is 24.8 Å². The maximum Gasteiger partial charge on any atom is 0.416 e. The van der Waals surface area contributed by atoms with Crippen LogP contribution in [0.4, 0.5) is 24.9 Å². The molecule has 0 bridgehead atoms. The number of alkyl halides is 3. The molecule has 39 heavy (non-hydrogen) atoms. The normalized spacial score (nSPS) is 16.5. The van der Waals surface area contributed by atoms with Crippen molar-refractivity contribution in [3.63, 3.8) is 0 Å². The maximum atomic E-state index is 13.1. The number of para-hydroxylation sites is 1. The fraction of sp³-hybridized carbons (Fsp3) is 0.333. The lowest BCUT2D eigenvalue weighted by Crippen LogP contribution is -2.47. The highest BCUT2D eigenvalue weighted by Crippen LogP contribution is 2.34. The Balaban J connectivity index is 1.35. The summed E-state index contributed by atoms with van der Waals surface area (Å²) in [5.41, 5.74) is 6.19. The van der Waals surface area contributed by atoms with E-state index in [1.54, 1.807) is 24.3 Å². The van der Waals surface area contributed by atoms with E-state index in [-0.39, 0.29) is 11.7 Å². The predicted molar refractivity (Wildman–Crippen MR) is 141 cm³/mol. The van der Waals surface area contributed by atoms with Crippen LogP contribution in [-0.4, -0.2) is 57.6 Å².